The molecule has 0 saturated carbocycles. The fraction of sp³-hybridized carbons (Fsp3) is 0.652. The number of likely N-dealkylation sites (N-methyl/N-ethyl adjacent to an activating group) is 2. The van der Waals surface area contributed by atoms with E-state index >= 15 is 0 Å². The van der Waals surface area contributed by atoms with Crippen molar-refractivity contribution in [3.63, 3.8) is 0 Å². The molecule has 0 spiro atoms. The molecule has 2 atom stereocenters. The zero-order chi connectivity index (χ0) is 22.2. The van der Waals surface area contributed by atoms with E-state index in [0.29, 0.717) is 6.04 Å². The number of benzene rings is 1. The Labute approximate surface area is 186 Å². The van der Waals surface area contributed by atoms with Crippen LogP contribution in [0.25, 0.3) is 0 Å². The van der Waals surface area contributed by atoms with Crippen LogP contribution < -0.4 is 20.3 Å². The second-order valence-corrected chi connectivity index (χ2v) is 8.51. The number of ether oxygens (including phenoxy) is 1. The van der Waals surface area contributed by atoms with Crippen LogP contribution in [0, 0.1) is 0 Å². The third kappa shape index (κ3) is 6.26. The highest BCUT2D eigenvalue weighted by Gasteiger charge is 2.27. The first-order valence-electron chi connectivity index (χ1n) is 11.4. The van der Waals surface area contributed by atoms with Crippen LogP contribution in [0.1, 0.15) is 26.2 Å². The van der Waals surface area contributed by atoms with Gasteiger partial charge in [-0.25, -0.2) is 4.99 Å². The number of nitrogens with zero attached hydrogens (tertiary/aromatic N) is 4. The summed E-state index contributed by atoms with van der Waals surface area (Å²) in [5, 5.41) is 7.08. The standard InChI is InChI=1S/C23H38N6O2/c1-5-28-13-8-9-19(28)15-24-23(25-16-22(30)27(2)3)26-18-12-14-29(17-18)20-10-6-7-11-21(20)31-4/h6-7,10-11,18-19H,5,8-9,12-17H2,1-4H3,(H2,24,25,26). The number of aliphatic imine (C=N–C) groups is 1. The van der Waals surface area contributed by atoms with E-state index in [4.69, 9.17) is 4.74 Å². The molecule has 0 aliphatic carbocycles. The number of carbonyl (C=O) groups is 1. The Balaban J connectivity index is 1.62. The summed E-state index contributed by atoms with van der Waals surface area (Å²) in [5.74, 6) is 1.62. The van der Waals surface area contributed by atoms with Gasteiger partial charge in [0.2, 0.25) is 5.91 Å². The number of amides is 1. The summed E-state index contributed by atoms with van der Waals surface area (Å²) in [5.41, 5.74) is 1.12. The summed E-state index contributed by atoms with van der Waals surface area (Å²) in [6, 6.07) is 8.92. The number of methoxy groups -OCH3 is 1. The summed E-state index contributed by atoms with van der Waals surface area (Å²) in [7, 11) is 5.24. The number of guanidine groups is 1. The van der Waals surface area contributed by atoms with Crippen LogP contribution in [0.15, 0.2) is 29.3 Å². The van der Waals surface area contributed by atoms with Crippen molar-refractivity contribution in [1.29, 1.82) is 0 Å². The molecule has 2 fully saturated rings. The SMILES string of the molecule is CCN1CCCC1CNC(=NCC(=O)N(C)C)NC1CCN(c2ccccc2OC)C1. The molecule has 1 aromatic carbocycles. The Bertz CT molecular complexity index is 753. The zero-order valence-electron chi connectivity index (χ0n) is 19.4. The van der Waals surface area contributed by atoms with Gasteiger partial charge in [-0.15, -0.1) is 0 Å². The third-order valence-electron chi connectivity index (χ3n) is 6.24. The molecule has 172 valence electrons. The highest BCUT2D eigenvalue weighted by molar-refractivity contribution is 5.85. The molecule has 1 amide bonds. The zero-order valence-corrected chi connectivity index (χ0v) is 19.4. The number of hydrogen-bond acceptors (Lipinski definition) is 5. The Morgan fingerprint density at radius 1 is 1.26 bits per heavy atom. The van der Waals surface area contributed by atoms with E-state index in [9.17, 15) is 4.79 Å². The van der Waals surface area contributed by atoms with Gasteiger partial charge in [0.05, 0.1) is 12.8 Å². The number of likely N-dealkylation sites (tertiary alicyclic amines) is 1. The van der Waals surface area contributed by atoms with Gasteiger partial charge in [0.15, 0.2) is 5.96 Å². The summed E-state index contributed by atoms with van der Waals surface area (Å²) in [6.07, 6.45) is 3.45. The van der Waals surface area contributed by atoms with Crippen molar-refractivity contribution in [3.8, 4) is 5.75 Å². The monoisotopic (exact) mass is 430 g/mol. The Morgan fingerprint density at radius 3 is 2.81 bits per heavy atom. The van der Waals surface area contributed by atoms with E-state index in [2.05, 4.69) is 38.4 Å². The van der Waals surface area contributed by atoms with Crippen LogP contribution in [0.3, 0.4) is 0 Å². The van der Waals surface area contributed by atoms with E-state index in [-0.39, 0.29) is 18.5 Å². The summed E-state index contributed by atoms with van der Waals surface area (Å²) < 4.78 is 5.53. The molecule has 31 heavy (non-hydrogen) atoms. The van der Waals surface area contributed by atoms with Crippen LogP contribution in [-0.2, 0) is 4.79 Å². The van der Waals surface area contributed by atoms with Crippen LogP contribution in [-0.4, -0.2) is 94.2 Å². The molecule has 1 aromatic rings. The molecular formula is C23H38N6O2. The van der Waals surface area contributed by atoms with E-state index in [1.165, 1.54) is 19.4 Å². The second kappa shape index (κ2) is 11.2. The summed E-state index contributed by atoms with van der Waals surface area (Å²) >= 11 is 0. The number of nitrogens with one attached hydrogen (secondary N) is 2. The van der Waals surface area contributed by atoms with Crippen LogP contribution in [0.4, 0.5) is 5.69 Å². The molecule has 2 saturated heterocycles. The van der Waals surface area contributed by atoms with Crippen molar-refractivity contribution in [2.45, 2.75) is 38.3 Å². The van der Waals surface area contributed by atoms with Crippen molar-refractivity contribution in [2.24, 2.45) is 4.99 Å². The van der Waals surface area contributed by atoms with Crippen molar-refractivity contribution in [2.75, 3.05) is 65.4 Å². The number of hydrogen-bond donors (Lipinski definition) is 2. The Kier molecular flexibility index (Phi) is 8.40. The Hall–Kier alpha value is -2.48. The van der Waals surface area contributed by atoms with E-state index < -0.39 is 0 Å². The number of carbonyl (C=O) groups excluding carboxylic acids is 1. The normalized spacial score (nSPS) is 21.9. The van der Waals surface area contributed by atoms with E-state index in [0.717, 1.165) is 50.0 Å². The summed E-state index contributed by atoms with van der Waals surface area (Å²) in [4.78, 5) is 23.1. The van der Waals surface area contributed by atoms with Crippen molar-refractivity contribution >= 4 is 17.6 Å². The maximum atomic E-state index is 12.1. The number of anilines is 1. The van der Waals surface area contributed by atoms with E-state index in [1.54, 1.807) is 26.1 Å². The number of para-hydroxylation sites is 2. The van der Waals surface area contributed by atoms with Gasteiger partial charge >= 0.3 is 0 Å². The fourth-order valence-electron chi connectivity index (χ4n) is 4.38. The molecular weight excluding hydrogens is 392 g/mol. The molecule has 2 heterocycles. The molecule has 3 rings (SSSR count). The Morgan fingerprint density at radius 2 is 2.06 bits per heavy atom. The number of rotatable bonds is 8. The first kappa shape index (κ1) is 23.2. The largest absolute Gasteiger partial charge is 0.495 e. The maximum Gasteiger partial charge on any atom is 0.243 e. The van der Waals surface area contributed by atoms with Crippen molar-refractivity contribution in [3.05, 3.63) is 24.3 Å². The fourth-order valence-corrected chi connectivity index (χ4v) is 4.38. The molecule has 8 nitrogen and oxygen atoms in total. The van der Waals surface area contributed by atoms with Gasteiger partial charge in [-0.1, -0.05) is 19.1 Å². The first-order chi connectivity index (χ1) is 15.0. The lowest BCUT2D eigenvalue weighted by Gasteiger charge is -2.25. The first-order valence-corrected chi connectivity index (χ1v) is 11.4. The van der Waals surface area contributed by atoms with Crippen LogP contribution in [0.2, 0.25) is 0 Å². The van der Waals surface area contributed by atoms with Crippen molar-refractivity contribution in [1.82, 2.24) is 20.4 Å². The topological polar surface area (TPSA) is 72.4 Å². The second-order valence-electron chi connectivity index (χ2n) is 8.51. The minimum absolute atomic E-state index is 0.000721. The molecule has 2 N–H and O–H groups in total. The summed E-state index contributed by atoms with van der Waals surface area (Å²) in [6.45, 7) is 7.26. The molecule has 0 radical (unpaired) electrons. The lowest BCUT2D eigenvalue weighted by Crippen LogP contribution is -2.49. The minimum atomic E-state index is -0.000721. The van der Waals surface area contributed by atoms with Gasteiger partial charge in [0.25, 0.3) is 0 Å². The lowest BCUT2D eigenvalue weighted by molar-refractivity contribution is -0.127. The van der Waals surface area contributed by atoms with Gasteiger partial charge in [-0.2, -0.15) is 0 Å². The minimum Gasteiger partial charge on any atom is -0.495 e. The molecule has 2 unspecified atom stereocenters. The molecule has 0 aromatic heterocycles. The molecule has 0 bridgehead atoms. The highest BCUT2D eigenvalue weighted by atomic mass is 16.5. The average Bonchev–Trinajstić information content (AvgIpc) is 3.44. The third-order valence-corrected chi connectivity index (χ3v) is 6.24. The maximum absolute atomic E-state index is 12.1. The average molecular weight is 431 g/mol. The van der Waals surface area contributed by atoms with Gasteiger partial charge in [-0.05, 0) is 44.5 Å². The predicted octanol–water partition coefficient (Wildman–Crippen LogP) is 1.38. The molecule has 8 heteroatoms. The predicted molar refractivity (Wildman–Crippen MR) is 126 cm³/mol. The van der Waals surface area contributed by atoms with Gasteiger partial charge in [0.1, 0.15) is 12.3 Å². The van der Waals surface area contributed by atoms with Gasteiger partial charge in [0, 0.05) is 45.8 Å². The molecule has 2 aliphatic rings. The van der Waals surface area contributed by atoms with Gasteiger partial charge in [-0.3, -0.25) is 9.69 Å². The van der Waals surface area contributed by atoms with Gasteiger partial charge < -0.3 is 25.2 Å². The van der Waals surface area contributed by atoms with E-state index in [1.807, 2.05) is 18.2 Å². The highest BCUT2D eigenvalue weighted by Crippen LogP contribution is 2.30. The lowest BCUT2D eigenvalue weighted by atomic mass is 10.2. The molecule has 2 aliphatic heterocycles. The van der Waals surface area contributed by atoms with Crippen LogP contribution >= 0.6 is 0 Å². The quantitative estimate of drug-likeness (QED) is 0.480. The smallest absolute Gasteiger partial charge is 0.243 e. The van der Waals surface area contributed by atoms with Crippen molar-refractivity contribution < 1.29 is 9.53 Å². The van der Waals surface area contributed by atoms with Crippen LogP contribution in [0.5, 0.6) is 5.75 Å².